The van der Waals surface area contributed by atoms with E-state index in [4.69, 9.17) is 15.2 Å². The lowest BCUT2D eigenvalue weighted by Gasteiger charge is -2.28. The second kappa shape index (κ2) is 11.5. The normalized spacial score (nSPS) is 29.2. The Morgan fingerprint density at radius 1 is 1.21 bits per heavy atom. The first kappa shape index (κ1) is 28.4. The molecule has 0 bridgehead atoms. The number of thiophene rings is 1. The molecule has 3 aromatic heterocycles. The largest absolute Gasteiger partial charge is 0.487 e. The van der Waals surface area contributed by atoms with Crippen molar-refractivity contribution in [2.45, 2.75) is 68.7 Å². The molecule has 2 fully saturated rings. The number of pyridine rings is 1. The number of hydrogen-bond acceptors (Lipinski definition) is 9. The van der Waals surface area contributed by atoms with Gasteiger partial charge in [-0.1, -0.05) is 25.0 Å². The van der Waals surface area contributed by atoms with Gasteiger partial charge in [0.25, 0.3) is 0 Å². The summed E-state index contributed by atoms with van der Waals surface area (Å²) in [5, 5.41) is 2.96. The number of rotatable bonds is 4. The fourth-order valence-corrected chi connectivity index (χ4v) is 7.22. The van der Waals surface area contributed by atoms with E-state index < -0.39 is 35.6 Å². The van der Waals surface area contributed by atoms with Crippen molar-refractivity contribution in [2.24, 2.45) is 18.7 Å². The first-order valence-electron chi connectivity index (χ1n) is 14.5. The summed E-state index contributed by atoms with van der Waals surface area (Å²) in [7, 11) is 3.26. The molecular weight excluding hydrogens is 556 g/mol. The van der Waals surface area contributed by atoms with Gasteiger partial charge in [0.2, 0.25) is 11.8 Å². The first-order valence-corrected chi connectivity index (χ1v) is 15.3. The van der Waals surface area contributed by atoms with Crippen LogP contribution in [-0.2, 0) is 26.2 Å². The van der Waals surface area contributed by atoms with Gasteiger partial charge in [-0.05, 0) is 37.8 Å². The van der Waals surface area contributed by atoms with Crippen LogP contribution in [-0.4, -0.2) is 74.6 Å². The molecule has 3 aliphatic rings. The molecule has 42 heavy (non-hydrogen) atoms. The highest BCUT2D eigenvalue weighted by Crippen LogP contribution is 2.46. The predicted octanol–water partition coefficient (Wildman–Crippen LogP) is 2.94. The summed E-state index contributed by atoms with van der Waals surface area (Å²) in [4.78, 5) is 51.6. The standard InChI is InChI=1S/C30H36N6O5S/c1-35-13-12-33-26(35)24-15-21-25(42-24)23(10-11-32-21)41-19-14-22-27(37)34-30(29(39)40-2)16-18(30)8-6-4-3-5-7-9-20(31)28(38)36(22)17-19/h6,8,10-13,15,18-20,22H,3-5,7,9,14,16-17,31H2,1-2H3,(H,34,37)/b8-6-/t18-,19+,20-,22-,30+/m0/s1. The Kier molecular flexibility index (Phi) is 7.75. The minimum atomic E-state index is -1.12. The molecule has 11 nitrogen and oxygen atoms in total. The van der Waals surface area contributed by atoms with E-state index in [-0.39, 0.29) is 24.8 Å². The second-order valence-electron chi connectivity index (χ2n) is 11.4. The number of nitrogens with two attached hydrogens (primary N) is 1. The lowest BCUT2D eigenvalue weighted by atomic mass is 10.1. The van der Waals surface area contributed by atoms with Crippen molar-refractivity contribution < 1.29 is 23.9 Å². The Morgan fingerprint density at radius 3 is 2.86 bits per heavy atom. The van der Waals surface area contributed by atoms with Crippen LogP contribution < -0.4 is 15.8 Å². The molecule has 2 amide bonds. The summed E-state index contributed by atoms with van der Waals surface area (Å²) >= 11 is 1.53. The van der Waals surface area contributed by atoms with Crippen molar-refractivity contribution in [3.05, 3.63) is 42.9 Å². The zero-order chi connectivity index (χ0) is 29.4. The third-order valence-corrected chi connectivity index (χ3v) is 9.68. The van der Waals surface area contributed by atoms with Gasteiger partial charge in [-0.15, -0.1) is 11.3 Å². The second-order valence-corrected chi connectivity index (χ2v) is 12.5. The van der Waals surface area contributed by atoms with Gasteiger partial charge in [-0.3, -0.25) is 14.6 Å². The van der Waals surface area contributed by atoms with Crippen LogP contribution in [0.5, 0.6) is 5.75 Å². The molecule has 1 aliphatic carbocycles. The summed E-state index contributed by atoms with van der Waals surface area (Å²) in [6.07, 6.45) is 13.8. The van der Waals surface area contributed by atoms with Crippen LogP contribution in [0.3, 0.4) is 0 Å². The molecular formula is C30H36N6O5S. The summed E-state index contributed by atoms with van der Waals surface area (Å²) in [6, 6.07) is 2.25. The average molecular weight is 593 g/mol. The predicted molar refractivity (Wildman–Crippen MR) is 158 cm³/mol. The number of imidazole rings is 1. The monoisotopic (exact) mass is 592 g/mol. The van der Waals surface area contributed by atoms with Crippen LogP contribution in [0.2, 0.25) is 0 Å². The van der Waals surface area contributed by atoms with Crippen LogP contribution in [0.15, 0.2) is 42.9 Å². The van der Waals surface area contributed by atoms with Crippen molar-refractivity contribution >= 4 is 39.3 Å². The first-order chi connectivity index (χ1) is 20.3. The third-order valence-electron chi connectivity index (χ3n) is 8.54. The van der Waals surface area contributed by atoms with Crippen LogP contribution in [0.4, 0.5) is 0 Å². The van der Waals surface area contributed by atoms with Crippen molar-refractivity contribution in [2.75, 3.05) is 13.7 Å². The summed E-state index contributed by atoms with van der Waals surface area (Å²) in [5.41, 5.74) is 6.03. The van der Waals surface area contributed by atoms with E-state index in [1.807, 2.05) is 30.0 Å². The fraction of sp³-hybridized carbons (Fsp3) is 0.500. The smallest absolute Gasteiger partial charge is 0.332 e. The molecule has 0 aromatic carbocycles. The molecule has 5 heterocycles. The number of esters is 1. The number of aryl methyl sites for hydroxylation is 1. The molecule has 1 saturated heterocycles. The molecule has 0 spiro atoms. The van der Waals surface area contributed by atoms with E-state index in [0.717, 1.165) is 46.6 Å². The molecule has 5 atom stereocenters. The minimum absolute atomic E-state index is 0.143. The maximum absolute atomic E-state index is 13.8. The van der Waals surface area contributed by atoms with Crippen LogP contribution in [0.25, 0.3) is 20.9 Å². The SMILES string of the molecule is COC(=O)[C@@]12C[C@@H]1/C=C\CCCCC[C@H](N)C(=O)N1C[C@H](Oc3ccnc4cc(-c5nccn5C)sc34)C[C@H]1C(=O)N2. The number of nitrogens with one attached hydrogen (secondary N) is 1. The van der Waals surface area contributed by atoms with Crippen LogP contribution in [0, 0.1) is 5.92 Å². The third kappa shape index (κ3) is 5.29. The van der Waals surface area contributed by atoms with Gasteiger partial charge in [0.1, 0.15) is 29.3 Å². The number of ether oxygens (including phenoxy) is 2. The molecule has 12 heteroatoms. The Morgan fingerprint density at radius 2 is 2.07 bits per heavy atom. The van der Waals surface area contributed by atoms with E-state index in [0.29, 0.717) is 18.6 Å². The Balaban J connectivity index is 1.27. The number of allylic oxidation sites excluding steroid dienone is 1. The highest BCUT2D eigenvalue weighted by Gasteiger charge is 2.62. The average Bonchev–Trinajstić information content (AvgIpc) is 3.34. The summed E-state index contributed by atoms with van der Waals surface area (Å²) < 4.78 is 14.4. The quantitative estimate of drug-likeness (QED) is 0.348. The van der Waals surface area contributed by atoms with Gasteiger partial charge in [0, 0.05) is 38.0 Å². The lowest BCUT2D eigenvalue weighted by Crippen LogP contribution is -2.55. The molecule has 0 unspecified atom stereocenters. The van der Waals surface area contributed by atoms with Crippen molar-refractivity contribution in [3.8, 4) is 16.5 Å². The van der Waals surface area contributed by atoms with Crippen molar-refractivity contribution in [1.29, 1.82) is 0 Å². The lowest BCUT2D eigenvalue weighted by molar-refractivity contribution is -0.148. The van der Waals surface area contributed by atoms with Crippen LogP contribution >= 0.6 is 11.3 Å². The topological polar surface area (TPSA) is 142 Å². The van der Waals surface area contributed by atoms with Gasteiger partial charge < -0.3 is 30.0 Å². The summed E-state index contributed by atoms with van der Waals surface area (Å²) in [6.45, 7) is 0.209. The van der Waals surface area contributed by atoms with Crippen LogP contribution in [0.1, 0.15) is 44.9 Å². The zero-order valence-corrected chi connectivity index (χ0v) is 24.6. The fourth-order valence-electron chi connectivity index (χ4n) is 6.11. The molecule has 2 aliphatic heterocycles. The van der Waals surface area contributed by atoms with Gasteiger partial charge in [-0.25, -0.2) is 9.78 Å². The number of carbonyl (C=O) groups is 3. The Hall–Kier alpha value is -3.77. The Bertz CT molecular complexity index is 1530. The minimum Gasteiger partial charge on any atom is -0.487 e. The molecule has 0 radical (unpaired) electrons. The highest BCUT2D eigenvalue weighted by atomic mass is 32.1. The molecule has 3 aromatic rings. The van der Waals surface area contributed by atoms with Gasteiger partial charge in [-0.2, -0.15) is 0 Å². The molecule has 222 valence electrons. The van der Waals surface area contributed by atoms with E-state index in [9.17, 15) is 14.4 Å². The molecule has 1 saturated carbocycles. The number of nitrogens with zero attached hydrogens (tertiary/aromatic N) is 4. The zero-order valence-electron chi connectivity index (χ0n) is 23.8. The highest BCUT2D eigenvalue weighted by molar-refractivity contribution is 7.22. The number of hydrogen-bond donors (Lipinski definition) is 2. The van der Waals surface area contributed by atoms with Crippen molar-refractivity contribution in [3.63, 3.8) is 0 Å². The van der Waals surface area contributed by atoms with E-state index in [1.165, 1.54) is 23.3 Å². The van der Waals surface area contributed by atoms with E-state index in [2.05, 4.69) is 21.4 Å². The number of carbonyl (C=O) groups excluding carboxylic acids is 3. The van der Waals surface area contributed by atoms with E-state index >= 15 is 0 Å². The van der Waals surface area contributed by atoms with E-state index in [1.54, 1.807) is 18.5 Å². The summed E-state index contributed by atoms with van der Waals surface area (Å²) in [5.74, 6) is 0.174. The van der Waals surface area contributed by atoms with Gasteiger partial charge in [0.15, 0.2) is 0 Å². The van der Waals surface area contributed by atoms with Gasteiger partial charge in [0.05, 0.1) is 34.8 Å². The number of amides is 2. The maximum Gasteiger partial charge on any atom is 0.332 e. The van der Waals surface area contributed by atoms with Crippen molar-refractivity contribution in [1.82, 2.24) is 24.8 Å². The maximum atomic E-state index is 13.8. The van der Waals surface area contributed by atoms with Gasteiger partial charge >= 0.3 is 5.97 Å². The number of fused-ring (bicyclic) bond motifs is 3. The number of aromatic nitrogens is 3. The molecule has 6 rings (SSSR count). The number of methoxy groups -OCH3 is 1. The Labute approximate surface area is 248 Å². The molecule has 3 N–H and O–H groups in total.